The van der Waals surface area contributed by atoms with Crippen LogP contribution in [-0.2, 0) is 11.0 Å². The van der Waals surface area contributed by atoms with Crippen molar-refractivity contribution < 1.29 is 18.0 Å². The van der Waals surface area contributed by atoms with Crippen molar-refractivity contribution in [3.05, 3.63) is 35.4 Å². The molecule has 0 bridgehead atoms. The summed E-state index contributed by atoms with van der Waals surface area (Å²) in [7, 11) is 0. The highest BCUT2D eigenvalue weighted by molar-refractivity contribution is 14.0. The van der Waals surface area contributed by atoms with Crippen LogP contribution in [0.3, 0.4) is 0 Å². The van der Waals surface area contributed by atoms with Crippen LogP contribution >= 0.6 is 24.0 Å². The molecule has 0 spiro atoms. The molecule has 1 heterocycles. The molecule has 28 heavy (non-hydrogen) atoms. The Labute approximate surface area is 180 Å². The number of carbonyl (C=O) groups is 1. The Morgan fingerprint density at radius 2 is 1.86 bits per heavy atom. The largest absolute Gasteiger partial charge is 0.416 e. The zero-order valence-electron chi connectivity index (χ0n) is 15.8. The molecule has 1 N–H and O–H groups in total. The number of amides is 1. The number of hydrogen-bond donors (Lipinski definition) is 1. The van der Waals surface area contributed by atoms with Crippen molar-refractivity contribution in [2.24, 2.45) is 4.99 Å². The van der Waals surface area contributed by atoms with Gasteiger partial charge in [0.15, 0.2) is 5.96 Å². The van der Waals surface area contributed by atoms with Gasteiger partial charge in [-0.05, 0) is 25.1 Å². The maximum Gasteiger partial charge on any atom is 0.416 e. The minimum atomic E-state index is -4.38. The van der Waals surface area contributed by atoms with Crippen molar-refractivity contribution in [1.29, 1.82) is 0 Å². The highest BCUT2D eigenvalue weighted by Gasteiger charge is 2.30. The molecule has 0 aromatic heterocycles. The summed E-state index contributed by atoms with van der Waals surface area (Å²) < 4.78 is 38.2. The summed E-state index contributed by atoms with van der Waals surface area (Å²) in [5.74, 6) is 6.27. The number of halogens is 4. The molecule has 1 aliphatic rings. The van der Waals surface area contributed by atoms with Crippen LogP contribution in [0.2, 0.25) is 0 Å². The second-order valence-electron chi connectivity index (χ2n) is 6.04. The predicted octanol–water partition coefficient (Wildman–Crippen LogP) is 2.80. The molecule has 0 radical (unpaired) electrons. The van der Waals surface area contributed by atoms with Gasteiger partial charge in [-0.2, -0.15) is 13.2 Å². The molecule has 1 aliphatic heterocycles. The SMILES string of the molecule is CCNC(=NCC#Cc1cccc(C(F)(F)F)c1)N1CCN(C(C)=O)CC1.I. The lowest BCUT2D eigenvalue weighted by Gasteiger charge is -2.36. The summed E-state index contributed by atoms with van der Waals surface area (Å²) in [5.41, 5.74) is -0.408. The van der Waals surface area contributed by atoms with E-state index in [1.54, 1.807) is 11.8 Å². The van der Waals surface area contributed by atoms with Crippen molar-refractivity contribution in [2.75, 3.05) is 39.3 Å². The molecule has 1 aromatic carbocycles. The Morgan fingerprint density at radius 3 is 2.43 bits per heavy atom. The molecule has 5 nitrogen and oxygen atoms in total. The van der Waals surface area contributed by atoms with Crippen molar-refractivity contribution in [3.8, 4) is 11.8 Å². The van der Waals surface area contributed by atoms with E-state index >= 15 is 0 Å². The van der Waals surface area contributed by atoms with Crippen LogP contribution in [0.1, 0.15) is 25.0 Å². The topological polar surface area (TPSA) is 47.9 Å². The number of hydrogen-bond acceptors (Lipinski definition) is 2. The van der Waals surface area contributed by atoms with E-state index in [1.807, 2.05) is 6.92 Å². The Balaban J connectivity index is 0.00000392. The molecule has 0 unspecified atom stereocenters. The molecule has 1 fully saturated rings. The average molecular weight is 508 g/mol. The van der Waals surface area contributed by atoms with Gasteiger partial charge in [0.2, 0.25) is 5.91 Å². The van der Waals surface area contributed by atoms with Crippen molar-refractivity contribution in [1.82, 2.24) is 15.1 Å². The number of nitrogens with one attached hydrogen (secondary N) is 1. The molecular weight excluding hydrogens is 484 g/mol. The first-order valence-electron chi connectivity index (χ1n) is 8.76. The summed E-state index contributed by atoms with van der Waals surface area (Å²) in [6.07, 6.45) is -4.38. The van der Waals surface area contributed by atoms with Gasteiger partial charge in [0, 0.05) is 45.2 Å². The Hall–Kier alpha value is -1.96. The van der Waals surface area contributed by atoms with E-state index in [1.165, 1.54) is 12.1 Å². The fourth-order valence-electron chi connectivity index (χ4n) is 2.69. The van der Waals surface area contributed by atoms with Gasteiger partial charge in [-0.25, -0.2) is 4.99 Å². The van der Waals surface area contributed by atoms with Crippen molar-refractivity contribution in [3.63, 3.8) is 0 Å². The van der Waals surface area contributed by atoms with E-state index in [4.69, 9.17) is 0 Å². The lowest BCUT2D eigenvalue weighted by molar-refractivity contribution is -0.137. The summed E-state index contributed by atoms with van der Waals surface area (Å²) in [6.45, 7) is 6.98. The Morgan fingerprint density at radius 1 is 1.21 bits per heavy atom. The van der Waals surface area contributed by atoms with Crippen molar-refractivity contribution >= 4 is 35.8 Å². The zero-order chi connectivity index (χ0) is 19.9. The molecule has 1 amide bonds. The quantitative estimate of drug-likeness (QED) is 0.290. The maximum absolute atomic E-state index is 12.7. The van der Waals surface area contributed by atoms with Crippen LogP contribution in [0.25, 0.3) is 0 Å². The van der Waals surface area contributed by atoms with Gasteiger partial charge in [-0.3, -0.25) is 4.79 Å². The van der Waals surface area contributed by atoms with Gasteiger partial charge in [0.25, 0.3) is 0 Å². The molecular formula is C19H24F3IN4O. The monoisotopic (exact) mass is 508 g/mol. The number of piperazine rings is 1. The van der Waals surface area contributed by atoms with Gasteiger partial charge < -0.3 is 15.1 Å². The van der Waals surface area contributed by atoms with Crippen LogP contribution in [0.15, 0.2) is 29.3 Å². The van der Waals surface area contributed by atoms with Gasteiger partial charge in [0.05, 0.1) is 5.56 Å². The Bertz CT molecular complexity index is 748. The molecule has 154 valence electrons. The predicted molar refractivity (Wildman–Crippen MR) is 114 cm³/mol. The molecule has 9 heteroatoms. The molecule has 0 atom stereocenters. The molecule has 1 saturated heterocycles. The molecule has 0 saturated carbocycles. The number of carbonyl (C=O) groups excluding carboxylic acids is 1. The smallest absolute Gasteiger partial charge is 0.356 e. The highest BCUT2D eigenvalue weighted by atomic mass is 127. The van der Waals surface area contributed by atoms with E-state index in [9.17, 15) is 18.0 Å². The first kappa shape index (κ1) is 24.1. The minimum absolute atomic E-state index is 0. The zero-order valence-corrected chi connectivity index (χ0v) is 18.2. The average Bonchev–Trinajstić information content (AvgIpc) is 2.64. The molecule has 0 aliphatic carbocycles. The first-order valence-corrected chi connectivity index (χ1v) is 8.76. The van der Waals surface area contributed by atoms with Crippen LogP contribution in [0, 0.1) is 11.8 Å². The third kappa shape index (κ3) is 7.22. The van der Waals surface area contributed by atoms with E-state index in [0.717, 1.165) is 12.1 Å². The first-order chi connectivity index (χ1) is 12.8. The van der Waals surface area contributed by atoms with Crippen LogP contribution < -0.4 is 5.32 Å². The number of guanidine groups is 1. The second kappa shape index (κ2) is 11.1. The fourth-order valence-corrected chi connectivity index (χ4v) is 2.69. The van der Waals surface area contributed by atoms with Crippen molar-refractivity contribution in [2.45, 2.75) is 20.0 Å². The summed E-state index contributed by atoms with van der Waals surface area (Å²) in [4.78, 5) is 19.7. The third-order valence-electron chi connectivity index (χ3n) is 4.09. The fraction of sp³-hybridized carbons (Fsp3) is 0.474. The van der Waals surface area contributed by atoms with E-state index in [0.29, 0.717) is 44.2 Å². The van der Waals surface area contributed by atoms with Gasteiger partial charge in [-0.15, -0.1) is 24.0 Å². The van der Waals surface area contributed by atoms with Crippen LogP contribution in [-0.4, -0.2) is 60.9 Å². The lowest BCUT2D eigenvalue weighted by atomic mass is 10.1. The number of nitrogens with zero attached hydrogens (tertiary/aromatic N) is 3. The number of benzene rings is 1. The normalized spacial score (nSPS) is 14.7. The lowest BCUT2D eigenvalue weighted by Crippen LogP contribution is -2.53. The molecule has 2 rings (SSSR count). The van der Waals surface area contributed by atoms with Crippen LogP contribution in [0.4, 0.5) is 13.2 Å². The van der Waals surface area contributed by atoms with Gasteiger partial charge in [0.1, 0.15) is 6.54 Å². The number of aliphatic imine (C=N–C) groups is 1. The van der Waals surface area contributed by atoms with Crippen LogP contribution in [0.5, 0.6) is 0 Å². The summed E-state index contributed by atoms with van der Waals surface area (Å²) in [6, 6.07) is 4.93. The maximum atomic E-state index is 12.7. The standard InChI is InChI=1S/C19H23F3N4O.HI/c1-3-23-18(26-12-10-25(11-13-26)15(2)27)24-9-5-7-16-6-4-8-17(14-16)19(20,21)22;/h4,6,8,14H,3,9-13H2,1-2H3,(H,23,24);1H. The van der Waals surface area contributed by atoms with Gasteiger partial charge in [-0.1, -0.05) is 17.9 Å². The minimum Gasteiger partial charge on any atom is -0.356 e. The summed E-state index contributed by atoms with van der Waals surface area (Å²) in [5, 5.41) is 3.18. The van der Waals surface area contributed by atoms with Gasteiger partial charge >= 0.3 is 6.18 Å². The second-order valence-corrected chi connectivity index (χ2v) is 6.04. The highest BCUT2D eigenvalue weighted by Crippen LogP contribution is 2.29. The summed E-state index contributed by atoms with van der Waals surface area (Å²) >= 11 is 0. The number of alkyl halides is 3. The molecule has 1 aromatic rings. The van der Waals surface area contributed by atoms with E-state index in [2.05, 4.69) is 27.0 Å². The van der Waals surface area contributed by atoms with E-state index in [-0.39, 0.29) is 36.4 Å². The number of rotatable bonds is 2. The van der Waals surface area contributed by atoms with E-state index < -0.39 is 11.7 Å². The Kier molecular flexibility index (Phi) is 9.58. The third-order valence-corrected chi connectivity index (χ3v) is 4.09.